The van der Waals surface area contributed by atoms with Gasteiger partial charge in [-0.25, -0.2) is 4.98 Å². The summed E-state index contributed by atoms with van der Waals surface area (Å²) in [5, 5.41) is 2.65. The second kappa shape index (κ2) is 7.68. The topological polar surface area (TPSA) is 77.2 Å². The van der Waals surface area contributed by atoms with E-state index in [0.29, 0.717) is 17.3 Å². The number of carbonyl (C=O) groups excluding carboxylic acids is 1. The molecule has 5 nitrogen and oxygen atoms in total. The molecule has 1 aromatic carbocycles. The maximum atomic E-state index is 11.8. The van der Waals surface area contributed by atoms with Crippen LogP contribution in [0.15, 0.2) is 48.5 Å². The number of para-hydroxylation sites is 1. The number of nitrogens with zero attached hydrogens (tertiary/aromatic N) is 1. The predicted octanol–water partition coefficient (Wildman–Crippen LogP) is 1.41. The Bertz CT molecular complexity index is 660. The number of carbonyl (C=O) groups is 1. The fourth-order valence-electron chi connectivity index (χ4n) is 1.56. The van der Waals surface area contributed by atoms with E-state index in [1.54, 1.807) is 30.3 Å². The fraction of sp³-hybridized carbons (Fsp3) is 0.125. The molecular weight excluding hydrogens is 266 g/mol. The highest BCUT2D eigenvalue weighted by Crippen LogP contribution is 2.08. The van der Waals surface area contributed by atoms with E-state index in [9.17, 15) is 4.79 Å². The molecule has 0 bridgehead atoms. The summed E-state index contributed by atoms with van der Waals surface area (Å²) in [6, 6.07) is 14.3. The highest BCUT2D eigenvalue weighted by Gasteiger charge is 2.04. The summed E-state index contributed by atoms with van der Waals surface area (Å²) in [5.74, 6) is 6.31. The number of nitrogens with two attached hydrogens (primary N) is 1. The Labute approximate surface area is 123 Å². The number of anilines is 1. The zero-order chi connectivity index (χ0) is 14.9. The minimum absolute atomic E-state index is 0.0790. The van der Waals surface area contributed by atoms with Gasteiger partial charge >= 0.3 is 0 Å². The Hall–Kier alpha value is -2.84. The highest BCUT2D eigenvalue weighted by molar-refractivity contribution is 5.90. The van der Waals surface area contributed by atoms with Crippen molar-refractivity contribution >= 4 is 11.7 Å². The minimum Gasteiger partial charge on any atom is -0.484 e. The van der Waals surface area contributed by atoms with Crippen molar-refractivity contribution in [2.24, 2.45) is 5.73 Å². The Balaban J connectivity index is 1.90. The SMILES string of the molecule is NCC#Cc1cccc(NC(=O)COc2ccccc2)n1. The van der Waals surface area contributed by atoms with Crippen LogP contribution in [0.4, 0.5) is 5.82 Å². The van der Waals surface area contributed by atoms with Gasteiger partial charge in [-0.3, -0.25) is 4.79 Å². The van der Waals surface area contributed by atoms with Crippen LogP contribution in [-0.2, 0) is 4.79 Å². The second-order valence-corrected chi connectivity index (χ2v) is 4.06. The Morgan fingerprint density at radius 2 is 2.00 bits per heavy atom. The van der Waals surface area contributed by atoms with Crippen LogP contribution in [0.3, 0.4) is 0 Å². The Morgan fingerprint density at radius 3 is 2.76 bits per heavy atom. The number of benzene rings is 1. The van der Waals surface area contributed by atoms with Gasteiger partial charge in [-0.15, -0.1) is 0 Å². The first-order valence-electron chi connectivity index (χ1n) is 6.41. The van der Waals surface area contributed by atoms with E-state index in [1.165, 1.54) is 0 Å². The quantitative estimate of drug-likeness (QED) is 0.831. The summed E-state index contributed by atoms with van der Waals surface area (Å²) < 4.78 is 5.35. The molecule has 5 heteroatoms. The van der Waals surface area contributed by atoms with Crippen molar-refractivity contribution < 1.29 is 9.53 Å². The van der Waals surface area contributed by atoms with Gasteiger partial charge in [0.25, 0.3) is 5.91 Å². The van der Waals surface area contributed by atoms with Gasteiger partial charge in [-0.2, -0.15) is 0 Å². The number of pyridine rings is 1. The lowest BCUT2D eigenvalue weighted by molar-refractivity contribution is -0.118. The minimum atomic E-state index is -0.282. The van der Waals surface area contributed by atoms with Gasteiger partial charge in [0, 0.05) is 0 Å². The number of rotatable bonds is 4. The van der Waals surface area contributed by atoms with Crippen molar-refractivity contribution in [3.05, 3.63) is 54.2 Å². The Kier molecular flexibility index (Phi) is 5.33. The zero-order valence-corrected chi connectivity index (χ0v) is 11.4. The van der Waals surface area contributed by atoms with Crippen molar-refractivity contribution in [3.63, 3.8) is 0 Å². The summed E-state index contributed by atoms with van der Waals surface area (Å²) >= 11 is 0. The first kappa shape index (κ1) is 14.6. The average molecular weight is 281 g/mol. The van der Waals surface area contributed by atoms with Crippen molar-refractivity contribution in [3.8, 4) is 17.6 Å². The van der Waals surface area contributed by atoms with Gasteiger partial charge in [0.05, 0.1) is 6.54 Å². The van der Waals surface area contributed by atoms with Crippen molar-refractivity contribution in [2.45, 2.75) is 0 Å². The summed E-state index contributed by atoms with van der Waals surface area (Å²) in [6.07, 6.45) is 0. The van der Waals surface area contributed by atoms with Gasteiger partial charge in [-0.1, -0.05) is 30.2 Å². The molecule has 0 fully saturated rings. The standard InChI is InChI=1S/C16H15N3O2/c17-11-5-7-13-6-4-10-15(18-13)19-16(20)12-21-14-8-2-1-3-9-14/h1-4,6,8-10H,11-12,17H2,(H,18,19,20). The predicted molar refractivity (Wildman–Crippen MR) is 80.7 cm³/mol. The third-order valence-corrected chi connectivity index (χ3v) is 2.45. The van der Waals surface area contributed by atoms with E-state index in [4.69, 9.17) is 10.5 Å². The molecule has 0 aliphatic rings. The number of hydrogen-bond acceptors (Lipinski definition) is 4. The van der Waals surface area contributed by atoms with E-state index in [2.05, 4.69) is 22.1 Å². The van der Waals surface area contributed by atoms with Gasteiger partial charge in [0.2, 0.25) is 0 Å². The van der Waals surface area contributed by atoms with Crippen LogP contribution in [-0.4, -0.2) is 24.0 Å². The van der Waals surface area contributed by atoms with Gasteiger partial charge in [0.1, 0.15) is 17.3 Å². The monoisotopic (exact) mass is 281 g/mol. The molecule has 0 saturated carbocycles. The van der Waals surface area contributed by atoms with E-state index >= 15 is 0 Å². The van der Waals surface area contributed by atoms with Crippen molar-refractivity contribution in [1.29, 1.82) is 0 Å². The van der Waals surface area contributed by atoms with Crippen LogP contribution >= 0.6 is 0 Å². The third kappa shape index (κ3) is 4.97. The second-order valence-electron chi connectivity index (χ2n) is 4.06. The number of aromatic nitrogens is 1. The van der Waals surface area contributed by atoms with E-state index < -0.39 is 0 Å². The summed E-state index contributed by atoms with van der Waals surface area (Å²) in [5.41, 5.74) is 5.86. The molecule has 0 radical (unpaired) electrons. The first-order chi connectivity index (χ1) is 10.3. The third-order valence-electron chi connectivity index (χ3n) is 2.45. The molecule has 0 aliphatic heterocycles. The smallest absolute Gasteiger partial charge is 0.263 e. The molecule has 0 saturated heterocycles. The Morgan fingerprint density at radius 1 is 1.19 bits per heavy atom. The molecule has 2 rings (SSSR count). The molecule has 21 heavy (non-hydrogen) atoms. The molecule has 0 unspecified atom stereocenters. The first-order valence-corrected chi connectivity index (χ1v) is 6.41. The molecule has 1 aromatic heterocycles. The lowest BCUT2D eigenvalue weighted by atomic mass is 10.3. The number of amides is 1. The van der Waals surface area contributed by atoms with Crippen LogP contribution in [0.5, 0.6) is 5.75 Å². The molecule has 1 amide bonds. The highest BCUT2D eigenvalue weighted by atomic mass is 16.5. The number of nitrogens with one attached hydrogen (secondary N) is 1. The largest absolute Gasteiger partial charge is 0.484 e. The lowest BCUT2D eigenvalue weighted by Crippen LogP contribution is -2.20. The van der Waals surface area contributed by atoms with Crippen LogP contribution in [0.1, 0.15) is 5.69 Å². The molecule has 0 spiro atoms. The van der Waals surface area contributed by atoms with E-state index in [0.717, 1.165) is 0 Å². The number of hydrogen-bond donors (Lipinski definition) is 2. The van der Waals surface area contributed by atoms with Crippen LogP contribution in [0, 0.1) is 11.8 Å². The number of ether oxygens (including phenoxy) is 1. The maximum Gasteiger partial charge on any atom is 0.263 e. The molecule has 1 heterocycles. The zero-order valence-electron chi connectivity index (χ0n) is 11.4. The van der Waals surface area contributed by atoms with Gasteiger partial charge < -0.3 is 15.8 Å². The maximum absolute atomic E-state index is 11.8. The van der Waals surface area contributed by atoms with E-state index in [-0.39, 0.29) is 19.1 Å². The van der Waals surface area contributed by atoms with Gasteiger partial charge in [-0.05, 0) is 30.2 Å². The van der Waals surface area contributed by atoms with Crippen LogP contribution < -0.4 is 15.8 Å². The fourth-order valence-corrected chi connectivity index (χ4v) is 1.56. The average Bonchev–Trinajstić information content (AvgIpc) is 2.52. The normalized spacial score (nSPS) is 9.38. The molecular formula is C16H15N3O2. The van der Waals surface area contributed by atoms with E-state index in [1.807, 2.05) is 18.2 Å². The summed E-state index contributed by atoms with van der Waals surface area (Å²) in [6.45, 7) is 0.188. The van der Waals surface area contributed by atoms with Crippen molar-refractivity contribution in [2.75, 3.05) is 18.5 Å². The lowest BCUT2D eigenvalue weighted by Gasteiger charge is -2.07. The molecule has 0 atom stereocenters. The summed E-state index contributed by atoms with van der Waals surface area (Å²) in [4.78, 5) is 16.0. The molecule has 2 aromatic rings. The van der Waals surface area contributed by atoms with Crippen LogP contribution in [0.25, 0.3) is 0 Å². The van der Waals surface area contributed by atoms with Gasteiger partial charge in [0.15, 0.2) is 6.61 Å². The molecule has 3 N–H and O–H groups in total. The molecule has 106 valence electrons. The summed E-state index contributed by atoms with van der Waals surface area (Å²) in [7, 11) is 0. The molecule has 0 aliphatic carbocycles. The van der Waals surface area contributed by atoms with Crippen molar-refractivity contribution in [1.82, 2.24) is 4.98 Å². The van der Waals surface area contributed by atoms with Crippen LogP contribution in [0.2, 0.25) is 0 Å².